The van der Waals surface area contributed by atoms with Crippen LogP contribution in [0.2, 0.25) is 0 Å². The molecule has 1 saturated heterocycles. The average Bonchev–Trinajstić information content (AvgIpc) is 2.79. The maximum Gasteiger partial charge on any atom is 0.419 e. The highest BCUT2D eigenvalue weighted by Crippen LogP contribution is 2.35. The lowest BCUT2D eigenvalue weighted by Crippen LogP contribution is -2.45. The van der Waals surface area contributed by atoms with E-state index < -0.39 is 23.6 Å². The van der Waals surface area contributed by atoms with Gasteiger partial charge in [-0.05, 0) is 52.4 Å². The molecule has 2 atom stereocenters. The molecule has 34 heavy (non-hydrogen) atoms. The van der Waals surface area contributed by atoms with Gasteiger partial charge in [-0.25, -0.2) is 9.37 Å². The van der Waals surface area contributed by atoms with E-state index in [1.165, 1.54) is 12.1 Å². The molecule has 1 aliphatic rings. The standard InChI is InChI=1S/C24H28F4N6/c1-14(17-8-5-9-20(22(17)25)24(26,27)28)30-23-18-11-21(29-12-19(18)15(2)31-32-23)34(4)16-7-6-10-33(3)13-16/h5,8-9,11-12,14,16H,6-7,10,13H2,1-4H3,(H,30,32)/t14-,16-/m1/s1. The molecule has 6 nitrogen and oxygen atoms in total. The molecular formula is C24H28F4N6. The van der Waals surface area contributed by atoms with Crippen molar-refractivity contribution in [1.82, 2.24) is 20.1 Å². The third-order valence-electron chi connectivity index (χ3n) is 6.50. The van der Waals surface area contributed by atoms with E-state index in [9.17, 15) is 17.6 Å². The minimum absolute atomic E-state index is 0.0954. The third kappa shape index (κ3) is 4.77. The number of hydrogen-bond donors (Lipinski definition) is 1. The number of rotatable bonds is 5. The van der Waals surface area contributed by atoms with Gasteiger partial charge in [-0.15, -0.1) is 5.10 Å². The number of fused-ring (bicyclic) bond motifs is 1. The number of anilines is 2. The smallest absolute Gasteiger partial charge is 0.361 e. The summed E-state index contributed by atoms with van der Waals surface area (Å²) in [6, 6.07) is 4.73. The first kappa shape index (κ1) is 24.1. The molecule has 10 heteroatoms. The van der Waals surface area contributed by atoms with Crippen LogP contribution in [0.25, 0.3) is 10.8 Å². The fourth-order valence-electron chi connectivity index (χ4n) is 4.49. The van der Waals surface area contributed by atoms with E-state index in [2.05, 4.69) is 37.3 Å². The maximum absolute atomic E-state index is 14.7. The van der Waals surface area contributed by atoms with Crippen molar-refractivity contribution in [2.24, 2.45) is 0 Å². The van der Waals surface area contributed by atoms with Gasteiger partial charge < -0.3 is 15.1 Å². The number of halogens is 4. The predicted octanol–water partition coefficient (Wildman–Crippen LogP) is 5.19. The highest BCUT2D eigenvalue weighted by molar-refractivity contribution is 5.94. The Hall–Kier alpha value is -3.01. The molecule has 1 fully saturated rings. The van der Waals surface area contributed by atoms with E-state index in [1.54, 1.807) is 13.1 Å². The van der Waals surface area contributed by atoms with Crippen molar-refractivity contribution in [3.8, 4) is 0 Å². The lowest BCUT2D eigenvalue weighted by Gasteiger charge is -2.36. The quantitative estimate of drug-likeness (QED) is 0.512. The summed E-state index contributed by atoms with van der Waals surface area (Å²) in [7, 11) is 4.11. The first-order valence-electron chi connectivity index (χ1n) is 11.2. The Kier molecular flexibility index (Phi) is 6.62. The van der Waals surface area contributed by atoms with Gasteiger partial charge in [-0.3, -0.25) is 0 Å². The number of aryl methyl sites for hydroxylation is 1. The lowest BCUT2D eigenvalue weighted by atomic mass is 10.0. The van der Waals surface area contributed by atoms with Crippen molar-refractivity contribution in [2.75, 3.05) is 37.4 Å². The van der Waals surface area contributed by atoms with E-state index in [0.29, 0.717) is 17.6 Å². The Bertz CT molecular complexity index is 1180. The van der Waals surface area contributed by atoms with Crippen molar-refractivity contribution in [3.63, 3.8) is 0 Å². The van der Waals surface area contributed by atoms with Gasteiger partial charge in [0.05, 0.1) is 17.3 Å². The molecule has 2 aromatic heterocycles. The zero-order chi connectivity index (χ0) is 24.6. The Morgan fingerprint density at radius 1 is 1.21 bits per heavy atom. The van der Waals surface area contributed by atoms with Gasteiger partial charge in [0.2, 0.25) is 0 Å². The third-order valence-corrected chi connectivity index (χ3v) is 6.50. The molecule has 0 aliphatic carbocycles. The highest BCUT2D eigenvalue weighted by atomic mass is 19.4. The number of alkyl halides is 3. The number of nitrogens with zero attached hydrogens (tertiary/aromatic N) is 5. The summed E-state index contributed by atoms with van der Waals surface area (Å²) in [5.41, 5.74) is -0.705. The highest BCUT2D eigenvalue weighted by Gasteiger charge is 2.35. The number of likely N-dealkylation sites (tertiary alicyclic amines) is 1. The van der Waals surface area contributed by atoms with E-state index in [4.69, 9.17) is 0 Å². The molecule has 0 radical (unpaired) electrons. The second-order valence-electron chi connectivity index (χ2n) is 8.96. The monoisotopic (exact) mass is 476 g/mol. The normalized spacial score (nSPS) is 18.2. The van der Waals surface area contributed by atoms with Crippen LogP contribution in [0.3, 0.4) is 0 Å². The largest absolute Gasteiger partial charge is 0.419 e. The van der Waals surface area contributed by atoms with Gasteiger partial charge in [-0.2, -0.15) is 18.3 Å². The van der Waals surface area contributed by atoms with Crippen LogP contribution in [0.5, 0.6) is 0 Å². The lowest BCUT2D eigenvalue weighted by molar-refractivity contribution is -0.140. The summed E-state index contributed by atoms with van der Waals surface area (Å²) < 4.78 is 54.2. The summed E-state index contributed by atoms with van der Waals surface area (Å²) >= 11 is 0. The van der Waals surface area contributed by atoms with Crippen LogP contribution in [0.1, 0.15) is 42.6 Å². The van der Waals surface area contributed by atoms with Gasteiger partial charge in [0.15, 0.2) is 5.82 Å². The maximum atomic E-state index is 14.7. The van der Waals surface area contributed by atoms with Crippen LogP contribution < -0.4 is 10.2 Å². The zero-order valence-corrected chi connectivity index (χ0v) is 19.6. The van der Waals surface area contributed by atoms with Gasteiger partial charge in [0, 0.05) is 42.2 Å². The van der Waals surface area contributed by atoms with E-state index in [1.807, 2.05) is 20.0 Å². The molecule has 3 heterocycles. The van der Waals surface area contributed by atoms with Crippen molar-refractivity contribution in [1.29, 1.82) is 0 Å². The molecule has 4 rings (SSSR count). The molecule has 0 saturated carbocycles. The van der Waals surface area contributed by atoms with Crippen molar-refractivity contribution < 1.29 is 17.6 Å². The van der Waals surface area contributed by atoms with E-state index in [-0.39, 0.29) is 5.56 Å². The Morgan fingerprint density at radius 2 is 1.97 bits per heavy atom. The molecule has 0 unspecified atom stereocenters. The van der Waals surface area contributed by atoms with Gasteiger partial charge in [-0.1, -0.05) is 12.1 Å². The Balaban J connectivity index is 1.68. The number of benzene rings is 1. The molecule has 1 aliphatic heterocycles. The van der Waals surface area contributed by atoms with Crippen LogP contribution in [-0.4, -0.2) is 53.3 Å². The SMILES string of the molecule is Cc1nnc(N[C@H](C)c2cccc(C(F)(F)F)c2F)c2cc(N(C)[C@@H]3CCCN(C)C3)ncc12. The van der Waals surface area contributed by atoms with Crippen LogP contribution in [0.4, 0.5) is 29.2 Å². The topological polar surface area (TPSA) is 57.2 Å². The molecule has 1 aromatic carbocycles. The summed E-state index contributed by atoms with van der Waals surface area (Å²) in [6.07, 6.45) is -0.866. The number of hydrogen-bond acceptors (Lipinski definition) is 6. The van der Waals surface area contributed by atoms with E-state index >= 15 is 0 Å². The molecule has 182 valence electrons. The Morgan fingerprint density at radius 3 is 2.68 bits per heavy atom. The van der Waals surface area contributed by atoms with Crippen LogP contribution in [0.15, 0.2) is 30.5 Å². The van der Waals surface area contributed by atoms with Crippen molar-refractivity contribution in [3.05, 3.63) is 53.1 Å². The fourth-order valence-corrected chi connectivity index (χ4v) is 4.49. The predicted molar refractivity (Wildman–Crippen MR) is 124 cm³/mol. The second kappa shape index (κ2) is 9.32. The van der Waals surface area contributed by atoms with Crippen molar-refractivity contribution >= 4 is 22.4 Å². The molecule has 0 amide bonds. The summed E-state index contributed by atoms with van der Waals surface area (Å²) in [4.78, 5) is 9.06. The van der Waals surface area contributed by atoms with Gasteiger partial charge in [0.25, 0.3) is 0 Å². The summed E-state index contributed by atoms with van der Waals surface area (Å²) in [6.45, 7) is 5.41. The number of nitrogens with one attached hydrogen (secondary N) is 1. The number of aromatic nitrogens is 3. The molecular weight excluding hydrogens is 448 g/mol. The summed E-state index contributed by atoms with van der Waals surface area (Å²) in [5, 5.41) is 13.0. The summed E-state index contributed by atoms with van der Waals surface area (Å²) in [5.74, 6) is -0.160. The van der Waals surface area contributed by atoms with Crippen molar-refractivity contribution in [2.45, 2.75) is 44.9 Å². The van der Waals surface area contributed by atoms with Crippen LogP contribution >= 0.6 is 0 Å². The first-order valence-corrected chi connectivity index (χ1v) is 11.2. The zero-order valence-electron chi connectivity index (χ0n) is 19.6. The molecule has 3 aromatic rings. The number of pyridine rings is 1. The second-order valence-corrected chi connectivity index (χ2v) is 8.96. The number of likely N-dealkylation sites (N-methyl/N-ethyl adjacent to an activating group) is 2. The van der Waals surface area contributed by atoms with Gasteiger partial charge >= 0.3 is 6.18 Å². The Labute approximate surface area is 196 Å². The molecule has 0 bridgehead atoms. The van der Waals surface area contributed by atoms with Gasteiger partial charge in [0.1, 0.15) is 11.6 Å². The molecule has 0 spiro atoms. The van der Waals surface area contributed by atoms with E-state index in [0.717, 1.165) is 48.6 Å². The fraction of sp³-hybridized carbons (Fsp3) is 0.458. The first-order chi connectivity index (χ1) is 16.1. The van der Waals surface area contributed by atoms with Crippen LogP contribution in [0, 0.1) is 12.7 Å². The minimum atomic E-state index is -4.77. The minimum Gasteiger partial charge on any atom is -0.361 e. The van der Waals surface area contributed by atoms with Crippen LogP contribution in [-0.2, 0) is 6.18 Å². The number of piperidine rings is 1. The molecule has 1 N–H and O–H groups in total. The average molecular weight is 477 g/mol.